The Morgan fingerprint density at radius 1 is 0.198 bits per heavy atom. The Labute approximate surface area is 519 Å². The molecule has 0 aliphatic carbocycles. The van der Waals surface area contributed by atoms with Gasteiger partial charge in [0.1, 0.15) is 22.3 Å². The minimum atomic E-state index is -0.436. The Kier molecular flexibility index (Phi) is 8.38. The zero-order chi connectivity index (χ0) is 70.6. The number of furan rings is 2. The first-order valence-electron chi connectivity index (χ1n) is 36.2. The first kappa shape index (κ1) is 35.6. The van der Waals surface area contributed by atoms with Crippen LogP contribution < -0.4 is 0 Å². The third kappa shape index (κ3) is 8.18. The van der Waals surface area contributed by atoms with E-state index in [4.69, 9.17) is 19.8 Å². The molecular weight excluding hydrogens is 1040 g/mol. The molecule has 0 amide bonds. The maximum absolute atomic E-state index is 9.30. The predicted octanol–water partition coefficient (Wildman–Crippen LogP) is 24.1. The SMILES string of the molecule is [2H]c1c([2H])c([2H])c2c(-c3ccc4c(c3)oc3ccccc34)c3c([2H])c([2H])c([2H])c([2H])c3c(-c3cccc(-c4ccc5ccccc5c4)c3)c2c1[2H].[2H]c1c([2H])c([2H])c2c(-c3ccc4c(c3)oc3ccccc34)c3c([2H])c([2H])c([2H])c([2H])c3c(-c3cccc(-c4cccc5ccccc45)c3)c2c1[2H]. The summed E-state index contributed by atoms with van der Waals surface area (Å²) < 4.78 is 157. The molecule has 0 aliphatic heterocycles. The number of fused-ring (bicyclic) bond motifs is 12. The van der Waals surface area contributed by atoms with Gasteiger partial charge in [-0.2, -0.15) is 0 Å². The molecule has 16 aromatic carbocycles. The standard InChI is InChI=1S/2C42H26O/c1-2-15-31-27(11-1)12-10-21-32(31)28-13-9-14-29(25-28)41-35-17-3-5-19-37(35)42(38-20-6-4-18-36(38)41)30-23-24-34-33-16-7-8-22-39(33)43-40(34)26-30;1-2-11-28-24-30(21-20-27(28)10-1)29-12-9-13-31(25-29)41-35-15-3-5-17-37(35)42(38-18-6-4-16-36(38)41)32-22-23-34-33-14-7-8-19-39(33)43-40(34)26-32/h2*1-26H/i3D,4D,5D,6D,17D,18D,19D,20D;3D,4D,5D,6D,15D,16D,17D,18D. The highest BCUT2D eigenvalue weighted by Crippen LogP contribution is 2.48. The zero-order valence-corrected chi connectivity index (χ0v) is 45.6. The third-order valence-corrected chi connectivity index (χ3v) is 16.6. The van der Waals surface area contributed by atoms with E-state index in [2.05, 4.69) is 6.07 Å². The smallest absolute Gasteiger partial charge is 0.136 e. The van der Waals surface area contributed by atoms with Gasteiger partial charge in [0.15, 0.2) is 0 Å². The van der Waals surface area contributed by atoms with Crippen molar-refractivity contribution in [3.63, 3.8) is 0 Å². The molecule has 400 valence electrons. The van der Waals surface area contributed by atoms with Crippen LogP contribution in [-0.2, 0) is 0 Å². The molecule has 2 heteroatoms. The Bertz CT molecular complexity index is 6560. The van der Waals surface area contributed by atoms with Crippen LogP contribution in [0.5, 0.6) is 0 Å². The van der Waals surface area contributed by atoms with Crippen molar-refractivity contribution in [3.8, 4) is 66.8 Å². The lowest BCUT2D eigenvalue weighted by molar-refractivity contribution is 0.668. The highest BCUT2D eigenvalue weighted by atomic mass is 16.3. The van der Waals surface area contributed by atoms with Crippen LogP contribution in [-0.4, -0.2) is 0 Å². The van der Waals surface area contributed by atoms with Crippen LogP contribution in [0.25, 0.3) is 175 Å². The lowest BCUT2D eigenvalue weighted by Crippen LogP contribution is -1.91. The van der Waals surface area contributed by atoms with Gasteiger partial charge in [0.05, 0.1) is 21.9 Å². The van der Waals surface area contributed by atoms with Gasteiger partial charge in [-0.3, -0.25) is 0 Å². The molecule has 0 atom stereocenters. The topological polar surface area (TPSA) is 26.3 Å². The van der Waals surface area contributed by atoms with Crippen LogP contribution in [0.4, 0.5) is 0 Å². The van der Waals surface area contributed by atoms with E-state index in [-0.39, 0.29) is 103 Å². The fourth-order valence-corrected chi connectivity index (χ4v) is 12.7. The van der Waals surface area contributed by atoms with Crippen LogP contribution in [0, 0.1) is 0 Å². The highest BCUT2D eigenvalue weighted by Gasteiger charge is 2.21. The van der Waals surface area contributed by atoms with Crippen molar-refractivity contribution in [2.45, 2.75) is 0 Å². The summed E-state index contributed by atoms with van der Waals surface area (Å²) in [6.45, 7) is 0. The summed E-state index contributed by atoms with van der Waals surface area (Å²) in [4.78, 5) is 0. The molecule has 2 heterocycles. The van der Waals surface area contributed by atoms with E-state index in [1.165, 1.54) is 0 Å². The zero-order valence-electron chi connectivity index (χ0n) is 61.6. The van der Waals surface area contributed by atoms with Crippen molar-refractivity contribution in [2.75, 3.05) is 0 Å². The first-order chi connectivity index (χ1) is 49.3. The van der Waals surface area contributed by atoms with Gasteiger partial charge in [-0.15, -0.1) is 0 Å². The van der Waals surface area contributed by atoms with Crippen molar-refractivity contribution in [2.24, 2.45) is 0 Å². The van der Waals surface area contributed by atoms with Crippen molar-refractivity contribution >= 4 is 109 Å². The molecule has 0 aliphatic rings. The molecule has 0 unspecified atom stereocenters. The highest BCUT2D eigenvalue weighted by molar-refractivity contribution is 6.24. The second-order valence-corrected chi connectivity index (χ2v) is 21.4. The van der Waals surface area contributed by atoms with E-state index in [0.717, 1.165) is 65.3 Å². The van der Waals surface area contributed by atoms with Crippen molar-refractivity contribution in [1.82, 2.24) is 0 Å². The molecule has 0 spiro atoms. The maximum Gasteiger partial charge on any atom is 0.136 e. The van der Waals surface area contributed by atoms with E-state index >= 15 is 0 Å². The quantitative estimate of drug-likeness (QED) is 0.155. The monoisotopic (exact) mass is 1110 g/mol. The lowest BCUT2D eigenvalue weighted by Gasteiger charge is -2.18. The van der Waals surface area contributed by atoms with Gasteiger partial charge in [0.2, 0.25) is 0 Å². The van der Waals surface area contributed by atoms with Crippen LogP contribution in [0.15, 0.2) is 324 Å². The predicted molar refractivity (Wildman–Crippen MR) is 365 cm³/mol. The summed E-state index contributed by atoms with van der Waals surface area (Å²) in [6.07, 6.45) is 0. The van der Waals surface area contributed by atoms with Crippen LogP contribution in [0.2, 0.25) is 0 Å². The molecule has 0 N–H and O–H groups in total. The Balaban J connectivity index is 0.000000152. The van der Waals surface area contributed by atoms with Gasteiger partial charge >= 0.3 is 0 Å². The third-order valence-electron chi connectivity index (χ3n) is 16.6. The lowest BCUT2D eigenvalue weighted by atomic mass is 9.85. The molecule has 0 saturated carbocycles. The fourth-order valence-electron chi connectivity index (χ4n) is 12.7. The minimum absolute atomic E-state index is 0.166. The fraction of sp³-hybridized carbons (Fsp3) is 0. The Morgan fingerprint density at radius 3 is 1.03 bits per heavy atom. The summed E-state index contributed by atoms with van der Waals surface area (Å²) in [5, 5.41) is 9.16. The molecular formula is C84H52O2. The average Bonchev–Trinajstić information content (AvgIpc) is 0.921. The molecule has 0 bridgehead atoms. The van der Waals surface area contributed by atoms with Gasteiger partial charge in [-0.25, -0.2) is 0 Å². The minimum Gasteiger partial charge on any atom is -0.456 e. The molecule has 2 aromatic heterocycles. The van der Waals surface area contributed by atoms with E-state index < -0.39 is 48.3 Å². The first-order valence-corrected chi connectivity index (χ1v) is 28.2. The largest absolute Gasteiger partial charge is 0.456 e. The summed E-state index contributed by atoms with van der Waals surface area (Å²) in [5.74, 6) is 0. The summed E-state index contributed by atoms with van der Waals surface area (Å²) in [7, 11) is 0. The normalized spacial score (nSPS) is 14.3. The Hall–Kier alpha value is -11.3. The number of benzene rings is 16. The van der Waals surface area contributed by atoms with Gasteiger partial charge in [-0.1, -0.05) is 260 Å². The van der Waals surface area contributed by atoms with E-state index in [9.17, 15) is 11.0 Å². The number of hydrogen-bond acceptors (Lipinski definition) is 2. The van der Waals surface area contributed by atoms with Gasteiger partial charge in [0, 0.05) is 21.5 Å². The summed E-state index contributed by atoms with van der Waals surface area (Å²) in [6, 6.07) is 63.8. The van der Waals surface area contributed by atoms with E-state index in [1.807, 2.05) is 200 Å². The molecule has 0 radical (unpaired) electrons. The molecule has 18 rings (SSSR count). The van der Waals surface area contributed by atoms with Crippen LogP contribution in [0.3, 0.4) is 0 Å². The van der Waals surface area contributed by atoms with Crippen molar-refractivity contribution in [3.05, 3.63) is 315 Å². The number of hydrogen-bond donors (Lipinski definition) is 0. The van der Waals surface area contributed by atoms with Crippen LogP contribution >= 0.6 is 0 Å². The second kappa shape index (κ2) is 20.2. The van der Waals surface area contributed by atoms with Gasteiger partial charge in [-0.05, 0) is 186 Å². The van der Waals surface area contributed by atoms with Crippen molar-refractivity contribution in [1.29, 1.82) is 0 Å². The van der Waals surface area contributed by atoms with Gasteiger partial charge in [0.25, 0.3) is 0 Å². The summed E-state index contributed by atoms with van der Waals surface area (Å²) >= 11 is 0. The molecule has 0 fully saturated rings. The maximum atomic E-state index is 9.30. The summed E-state index contributed by atoms with van der Waals surface area (Å²) in [5.41, 5.74) is 9.39. The number of para-hydroxylation sites is 2. The molecule has 0 saturated heterocycles. The molecule has 18 aromatic rings. The second-order valence-electron chi connectivity index (χ2n) is 21.4. The van der Waals surface area contributed by atoms with E-state index in [1.54, 1.807) is 12.1 Å². The molecule has 2 nitrogen and oxygen atoms in total. The number of rotatable bonds is 6. The Morgan fingerprint density at radius 2 is 0.535 bits per heavy atom. The van der Waals surface area contributed by atoms with Gasteiger partial charge < -0.3 is 8.83 Å². The van der Waals surface area contributed by atoms with Crippen molar-refractivity contribution < 1.29 is 30.8 Å². The van der Waals surface area contributed by atoms with Crippen LogP contribution in [0.1, 0.15) is 21.9 Å². The molecule has 86 heavy (non-hydrogen) atoms. The van der Waals surface area contributed by atoms with E-state index in [0.29, 0.717) is 55.7 Å². The average molecular weight is 1110 g/mol.